The Hall–Kier alpha value is -2.16. The maximum Gasteiger partial charge on any atom is 0.286 e. The predicted octanol–water partition coefficient (Wildman–Crippen LogP) is 1.22. The van der Waals surface area contributed by atoms with Crippen LogP contribution in [0, 0.1) is 11.7 Å². The molecule has 0 aromatic heterocycles. The van der Waals surface area contributed by atoms with E-state index in [4.69, 9.17) is 33.6 Å². The summed E-state index contributed by atoms with van der Waals surface area (Å²) in [4.78, 5) is 16.3. The van der Waals surface area contributed by atoms with Crippen molar-refractivity contribution in [3.63, 3.8) is 0 Å². The van der Waals surface area contributed by atoms with Gasteiger partial charge in [-0.2, -0.15) is 0 Å². The molecule has 2 atom stereocenters. The molecule has 1 aliphatic carbocycles. The van der Waals surface area contributed by atoms with Crippen LogP contribution in [0.1, 0.15) is 18.4 Å². The summed E-state index contributed by atoms with van der Waals surface area (Å²) in [5.74, 6) is 5.10. The fourth-order valence-corrected chi connectivity index (χ4v) is 2.70. The molecule has 1 fully saturated rings. The Balaban J connectivity index is 2.01. The number of hydrogen-bond acceptors (Lipinski definition) is 6. The minimum Gasteiger partial charge on any atom is -0.394 e. The van der Waals surface area contributed by atoms with Crippen molar-refractivity contribution in [1.82, 2.24) is 5.01 Å². The van der Waals surface area contributed by atoms with E-state index < -0.39 is 11.7 Å². The van der Waals surface area contributed by atoms with Gasteiger partial charge >= 0.3 is 0 Å². The summed E-state index contributed by atoms with van der Waals surface area (Å²) >= 11 is 6.01. The van der Waals surface area contributed by atoms with E-state index in [1.54, 1.807) is 25.3 Å². The highest BCUT2D eigenvalue weighted by Gasteiger charge is 2.43. The van der Waals surface area contributed by atoms with Gasteiger partial charge in [0, 0.05) is 19.3 Å². The van der Waals surface area contributed by atoms with Crippen LogP contribution in [0.4, 0.5) is 4.39 Å². The first kappa shape index (κ1) is 20.2. The first-order valence-electron chi connectivity index (χ1n) is 8.13. The van der Waals surface area contributed by atoms with Gasteiger partial charge in [0.05, 0.1) is 18.3 Å². The number of hydrazine groups is 1. The molecule has 0 heterocycles. The number of ether oxygens (including phenoxy) is 1. The molecular weight excluding hydrogens is 361 g/mol. The molecule has 0 unspecified atom stereocenters. The summed E-state index contributed by atoms with van der Waals surface area (Å²) in [6.07, 6.45) is 1.60. The first-order valence-corrected chi connectivity index (χ1v) is 8.50. The Morgan fingerprint density at radius 3 is 2.73 bits per heavy atom. The van der Waals surface area contributed by atoms with E-state index in [2.05, 4.69) is 4.99 Å². The van der Waals surface area contributed by atoms with Gasteiger partial charge in [0.1, 0.15) is 16.7 Å². The van der Waals surface area contributed by atoms with Crippen LogP contribution in [0.3, 0.4) is 0 Å². The lowest BCUT2D eigenvalue weighted by Crippen LogP contribution is -2.44. The van der Waals surface area contributed by atoms with E-state index in [0.717, 1.165) is 17.9 Å². The molecule has 2 rings (SSSR count). The summed E-state index contributed by atoms with van der Waals surface area (Å²) in [6.45, 7) is 0.576. The monoisotopic (exact) mass is 383 g/mol. The maximum atomic E-state index is 13.6. The van der Waals surface area contributed by atoms with Gasteiger partial charge in [-0.1, -0.05) is 29.8 Å². The second kappa shape index (κ2) is 8.98. The number of amides is 1. The normalized spacial score (nSPS) is 20.5. The Bertz CT molecular complexity index is 725. The number of carbonyl (C=O) groups excluding carboxylic acids is 1. The van der Waals surface area contributed by atoms with Crippen molar-refractivity contribution in [3.8, 4) is 0 Å². The van der Waals surface area contributed by atoms with E-state index >= 15 is 0 Å². The molecule has 1 saturated carbocycles. The zero-order chi connectivity index (χ0) is 19.3. The number of methoxy groups -OCH3 is 1. The third-order valence-corrected chi connectivity index (χ3v) is 4.58. The number of hydrogen-bond donors (Lipinski definition) is 3. The van der Waals surface area contributed by atoms with Crippen molar-refractivity contribution >= 4 is 22.7 Å². The second-order valence-corrected chi connectivity index (χ2v) is 6.44. The van der Waals surface area contributed by atoms with E-state index in [1.807, 2.05) is 0 Å². The van der Waals surface area contributed by atoms with Gasteiger partial charge in [-0.3, -0.25) is 14.8 Å². The molecule has 0 spiro atoms. The topological polar surface area (TPSA) is 120 Å². The Morgan fingerprint density at radius 2 is 2.08 bits per heavy atom. The summed E-state index contributed by atoms with van der Waals surface area (Å²) in [5, 5.41) is 0.906. The van der Waals surface area contributed by atoms with Crippen molar-refractivity contribution in [3.05, 3.63) is 47.0 Å². The number of aliphatic imine (C=N–C) groups is 1. The molecular formula is C17H23ClFN5O2. The summed E-state index contributed by atoms with van der Waals surface area (Å²) < 4.78 is 18.6. The van der Waals surface area contributed by atoms with Crippen LogP contribution in [0.2, 0.25) is 0 Å². The van der Waals surface area contributed by atoms with Gasteiger partial charge in [-0.05, 0) is 24.8 Å². The van der Waals surface area contributed by atoms with Crippen molar-refractivity contribution in [2.24, 2.45) is 28.2 Å². The molecule has 6 N–H and O–H groups in total. The molecule has 1 amide bonds. The lowest BCUT2D eigenvalue weighted by atomic mass is 10.2. The van der Waals surface area contributed by atoms with E-state index in [1.165, 1.54) is 6.07 Å². The van der Waals surface area contributed by atoms with Crippen LogP contribution in [0.15, 0.2) is 40.7 Å². The third kappa shape index (κ3) is 4.94. The van der Waals surface area contributed by atoms with Crippen LogP contribution in [-0.2, 0) is 16.1 Å². The molecule has 0 saturated heterocycles. The quantitative estimate of drug-likeness (QED) is 0.205. The zero-order valence-electron chi connectivity index (χ0n) is 14.5. The van der Waals surface area contributed by atoms with E-state index in [9.17, 15) is 9.18 Å². The molecule has 0 bridgehead atoms. The number of rotatable bonds is 8. The van der Waals surface area contributed by atoms with E-state index in [0.29, 0.717) is 12.2 Å². The molecule has 0 radical (unpaired) electrons. The van der Waals surface area contributed by atoms with Crippen LogP contribution in [0.25, 0.3) is 0 Å². The molecule has 142 valence electrons. The van der Waals surface area contributed by atoms with Crippen LogP contribution in [-0.4, -0.2) is 35.8 Å². The minimum absolute atomic E-state index is 0.0261. The highest BCUT2D eigenvalue weighted by Crippen LogP contribution is 2.37. The lowest BCUT2D eigenvalue weighted by molar-refractivity contribution is -0.128. The van der Waals surface area contributed by atoms with Gasteiger partial charge in [-0.25, -0.2) is 10.2 Å². The summed E-state index contributed by atoms with van der Waals surface area (Å²) in [7, 11) is 1.62. The van der Waals surface area contributed by atoms with Gasteiger partial charge in [0.15, 0.2) is 0 Å². The standard InChI is InChI=1S/C17H23ClFN5O2/c1-26-7-6-10-8-13(10)24(22)17(25)15(21)14(20)16(18)23-9-11-4-2-3-5-12(11)19/h2-5,10,13H,6-9,20-22H2,1H3/b15-14+,23-16?/t10-,13+/m0/s1. The molecule has 26 heavy (non-hydrogen) atoms. The highest BCUT2D eigenvalue weighted by molar-refractivity contribution is 6.69. The molecule has 0 aliphatic heterocycles. The number of nitrogens with zero attached hydrogens (tertiary/aromatic N) is 2. The summed E-state index contributed by atoms with van der Waals surface area (Å²) in [6, 6.07) is 6.05. The highest BCUT2D eigenvalue weighted by atomic mass is 35.5. The van der Waals surface area contributed by atoms with Gasteiger partial charge in [-0.15, -0.1) is 0 Å². The number of carbonyl (C=O) groups is 1. The number of allylic oxidation sites excluding steroid dienone is 1. The molecule has 1 aromatic carbocycles. The number of nitrogens with two attached hydrogens (primary N) is 3. The molecule has 9 heteroatoms. The smallest absolute Gasteiger partial charge is 0.286 e. The fourth-order valence-electron chi connectivity index (χ4n) is 2.53. The van der Waals surface area contributed by atoms with Crippen LogP contribution >= 0.6 is 11.6 Å². The first-order chi connectivity index (χ1) is 12.4. The van der Waals surface area contributed by atoms with Gasteiger partial charge in [0.2, 0.25) is 0 Å². The Labute approximate surface area is 156 Å². The predicted molar refractivity (Wildman–Crippen MR) is 98.2 cm³/mol. The SMILES string of the molecule is COCC[C@H]1C[C@H]1N(N)C(=O)/C(N)=C(\N)C(Cl)=NCc1ccccc1F. The van der Waals surface area contributed by atoms with E-state index in [-0.39, 0.29) is 35.1 Å². The van der Waals surface area contributed by atoms with Crippen molar-refractivity contribution in [1.29, 1.82) is 0 Å². The van der Waals surface area contributed by atoms with Crippen molar-refractivity contribution in [2.45, 2.75) is 25.4 Å². The molecule has 1 aromatic rings. The minimum atomic E-state index is -0.619. The average molecular weight is 384 g/mol. The zero-order valence-corrected chi connectivity index (χ0v) is 15.2. The average Bonchev–Trinajstić information content (AvgIpc) is 3.42. The van der Waals surface area contributed by atoms with Gasteiger partial charge < -0.3 is 16.2 Å². The van der Waals surface area contributed by atoms with Crippen molar-refractivity contribution < 1.29 is 13.9 Å². The molecule has 1 aliphatic rings. The largest absolute Gasteiger partial charge is 0.394 e. The van der Waals surface area contributed by atoms with Gasteiger partial charge in [0.25, 0.3) is 5.91 Å². The Morgan fingerprint density at radius 1 is 1.38 bits per heavy atom. The van der Waals surface area contributed by atoms with Crippen LogP contribution in [0.5, 0.6) is 0 Å². The number of benzene rings is 1. The Kier molecular flexibility index (Phi) is 6.96. The van der Waals surface area contributed by atoms with Crippen LogP contribution < -0.4 is 17.3 Å². The third-order valence-electron chi connectivity index (χ3n) is 4.26. The molecule has 7 nitrogen and oxygen atoms in total. The summed E-state index contributed by atoms with van der Waals surface area (Å²) in [5.41, 5.74) is 11.5. The maximum absolute atomic E-state index is 13.6. The second-order valence-electron chi connectivity index (χ2n) is 6.08. The van der Waals surface area contributed by atoms with Crippen molar-refractivity contribution in [2.75, 3.05) is 13.7 Å². The number of halogens is 2. The lowest BCUT2D eigenvalue weighted by Gasteiger charge is -2.18. The fraction of sp³-hybridized carbons (Fsp3) is 0.412.